The number of alkyl halides is 1. The van der Waals surface area contributed by atoms with Gasteiger partial charge < -0.3 is 4.90 Å². The minimum absolute atomic E-state index is 0.0184. The fourth-order valence-electron chi connectivity index (χ4n) is 2.42. The van der Waals surface area contributed by atoms with Crippen LogP contribution in [-0.2, 0) is 0 Å². The highest BCUT2D eigenvalue weighted by atomic mass is 35.5. The van der Waals surface area contributed by atoms with Crippen molar-refractivity contribution in [3.63, 3.8) is 0 Å². The van der Waals surface area contributed by atoms with E-state index in [1.54, 1.807) is 11.8 Å². The summed E-state index contributed by atoms with van der Waals surface area (Å²) in [6.07, 6.45) is 2.10. The molecule has 2 nitrogen and oxygen atoms in total. The summed E-state index contributed by atoms with van der Waals surface area (Å²) in [4.78, 5) is 15.3. The second-order valence-corrected chi connectivity index (χ2v) is 6.09. The summed E-state index contributed by atoms with van der Waals surface area (Å²) in [5.41, 5.74) is 0.808. The molecule has 1 aromatic rings. The molecule has 0 N–H and O–H groups in total. The Kier molecular flexibility index (Phi) is 2.60. The van der Waals surface area contributed by atoms with Crippen molar-refractivity contribution in [1.82, 2.24) is 4.90 Å². The molecule has 16 heavy (non-hydrogen) atoms. The van der Waals surface area contributed by atoms with Crippen LogP contribution in [0.2, 0.25) is 0 Å². The van der Waals surface area contributed by atoms with Crippen LogP contribution in [0, 0.1) is 0 Å². The topological polar surface area (TPSA) is 20.3 Å². The van der Waals surface area contributed by atoms with Crippen LogP contribution < -0.4 is 0 Å². The molecule has 2 atom stereocenters. The van der Waals surface area contributed by atoms with Crippen molar-refractivity contribution in [2.45, 2.75) is 28.5 Å². The molecule has 0 bridgehead atoms. The first-order valence-electron chi connectivity index (χ1n) is 5.48. The molecule has 2 aliphatic heterocycles. The van der Waals surface area contributed by atoms with Gasteiger partial charge in [-0.15, -0.1) is 23.4 Å². The van der Waals surface area contributed by atoms with Gasteiger partial charge in [0.15, 0.2) is 0 Å². The van der Waals surface area contributed by atoms with Gasteiger partial charge in [-0.2, -0.15) is 0 Å². The molecule has 0 radical (unpaired) electrons. The standard InChI is InChI=1S/C12H12ClNOS/c13-11-9-5-3-7-14(9)12(15)8-4-1-2-6-10(8)16-11/h1-2,4,6,9,11H,3,5,7H2/t9-,11+/m0/s1. The monoisotopic (exact) mass is 253 g/mol. The minimum Gasteiger partial charge on any atom is -0.333 e. The summed E-state index contributed by atoms with van der Waals surface area (Å²) in [5.74, 6) is 0.147. The number of hydrogen-bond acceptors (Lipinski definition) is 2. The first-order valence-corrected chi connectivity index (χ1v) is 6.80. The second-order valence-electron chi connectivity index (χ2n) is 4.17. The quantitative estimate of drug-likeness (QED) is 0.663. The summed E-state index contributed by atoms with van der Waals surface area (Å²) in [6, 6.07) is 7.95. The smallest absolute Gasteiger partial charge is 0.255 e. The van der Waals surface area contributed by atoms with Gasteiger partial charge in [-0.05, 0) is 25.0 Å². The molecule has 0 aromatic heterocycles. The highest BCUT2D eigenvalue weighted by Crippen LogP contribution is 2.40. The summed E-state index contributed by atoms with van der Waals surface area (Å²) >= 11 is 8.00. The van der Waals surface area contributed by atoms with E-state index in [-0.39, 0.29) is 16.7 Å². The van der Waals surface area contributed by atoms with Gasteiger partial charge in [-0.1, -0.05) is 12.1 Å². The van der Waals surface area contributed by atoms with E-state index >= 15 is 0 Å². The number of amides is 1. The van der Waals surface area contributed by atoms with Gasteiger partial charge in [0.2, 0.25) is 0 Å². The third kappa shape index (κ3) is 1.54. The molecule has 0 spiro atoms. The predicted molar refractivity (Wildman–Crippen MR) is 66.0 cm³/mol. The molecule has 3 rings (SSSR count). The molecular formula is C12H12ClNOS. The van der Waals surface area contributed by atoms with Crippen LogP contribution >= 0.6 is 23.4 Å². The molecule has 84 valence electrons. The Balaban J connectivity index is 2.08. The first-order chi connectivity index (χ1) is 7.77. The summed E-state index contributed by atoms with van der Waals surface area (Å²) in [5, 5.41) is 0. The van der Waals surface area contributed by atoms with Crippen molar-refractivity contribution in [2.75, 3.05) is 6.54 Å². The van der Waals surface area contributed by atoms with E-state index < -0.39 is 0 Å². The number of fused-ring (bicyclic) bond motifs is 2. The van der Waals surface area contributed by atoms with Crippen LogP contribution in [0.3, 0.4) is 0 Å². The summed E-state index contributed by atoms with van der Waals surface area (Å²) < 4.78 is -0.0184. The lowest BCUT2D eigenvalue weighted by Gasteiger charge is -2.24. The van der Waals surface area contributed by atoms with Crippen LogP contribution in [0.25, 0.3) is 0 Å². The zero-order chi connectivity index (χ0) is 11.1. The number of carbonyl (C=O) groups is 1. The lowest BCUT2D eigenvalue weighted by Crippen LogP contribution is -2.38. The van der Waals surface area contributed by atoms with Gasteiger partial charge in [0.1, 0.15) is 4.71 Å². The lowest BCUT2D eigenvalue weighted by molar-refractivity contribution is 0.0745. The number of hydrogen-bond donors (Lipinski definition) is 0. The van der Waals surface area contributed by atoms with Gasteiger partial charge >= 0.3 is 0 Å². The van der Waals surface area contributed by atoms with E-state index in [0.29, 0.717) is 0 Å². The van der Waals surface area contributed by atoms with Crippen molar-refractivity contribution in [2.24, 2.45) is 0 Å². The van der Waals surface area contributed by atoms with Gasteiger partial charge in [-0.3, -0.25) is 4.79 Å². The minimum atomic E-state index is -0.0184. The molecule has 1 fully saturated rings. The van der Waals surface area contributed by atoms with Crippen LogP contribution in [0.5, 0.6) is 0 Å². The molecular weight excluding hydrogens is 242 g/mol. The fourth-order valence-corrected chi connectivity index (χ4v) is 4.09. The van der Waals surface area contributed by atoms with E-state index in [1.165, 1.54) is 0 Å². The average molecular weight is 254 g/mol. The van der Waals surface area contributed by atoms with Crippen molar-refractivity contribution < 1.29 is 4.79 Å². The second kappa shape index (κ2) is 3.97. The Bertz CT molecular complexity index is 437. The van der Waals surface area contributed by atoms with Crippen molar-refractivity contribution >= 4 is 29.3 Å². The summed E-state index contributed by atoms with van der Waals surface area (Å²) in [7, 11) is 0. The van der Waals surface area contributed by atoms with Crippen molar-refractivity contribution in [3.8, 4) is 0 Å². The highest BCUT2D eigenvalue weighted by Gasteiger charge is 2.38. The average Bonchev–Trinajstić information content (AvgIpc) is 2.74. The summed E-state index contributed by atoms with van der Waals surface area (Å²) in [6.45, 7) is 0.849. The molecule has 0 saturated carbocycles. The van der Waals surface area contributed by atoms with E-state index in [2.05, 4.69) is 0 Å². The Labute approximate surface area is 104 Å². The lowest BCUT2D eigenvalue weighted by atomic mass is 10.2. The van der Waals surface area contributed by atoms with Crippen LogP contribution in [0.1, 0.15) is 23.2 Å². The number of rotatable bonds is 0. The van der Waals surface area contributed by atoms with Crippen LogP contribution in [0.15, 0.2) is 29.2 Å². The Morgan fingerprint density at radius 1 is 1.38 bits per heavy atom. The zero-order valence-electron chi connectivity index (χ0n) is 8.73. The number of benzene rings is 1. The number of halogens is 1. The van der Waals surface area contributed by atoms with Gasteiger partial charge in [0.25, 0.3) is 5.91 Å². The highest BCUT2D eigenvalue weighted by molar-refractivity contribution is 8.01. The third-order valence-electron chi connectivity index (χ3n) is 3.22. The molecule has 1 saturated heterocycles. The molecule has 1 aromatic carbocycles. The normalized spacial score (nSPS) is 28.6. The Morgan fingerprint density at radius 3 is 3.06 bits per heavy atom. The SMILES string of the molecule is O=C1c2ccccc2S[C@@H](Cl)[C@@H]2CCCN12. The van der Waals surface area contributed by atoms with Crippen molar-refractivity contribution in [3.05, 3.63) is 29.8 Å². The van der Waals surface area contributed by atoms with Crippen LogP contribution in [-0.4, -0.2) is 28.1 Å². The zero-order valence-corrected chi connectivity index (χ0v) is 10.3. The molecule has 2 heterocycles. The number of thioether (sulfide) groups is 1. The molecule has 2 aliphatic rings. The maximum Gasteiger partial charge on any atom is 0.255 e. The first kappa shape index (κ1) is 10.5. The van der Waals surface area contributed by atoms with Crippen LogP contribution in [0.4, 0.5) is 0 Å². The van der Waals surface area contributed by atoms with Gasteiger partial charge in [0, 0.05) is 11.4 Å². The Hall–Kier alpha value is -0.670. The maximum absolute atomic E-state index is 12.3. The molecule has 0 aliphatic carbocycles. The Morgan fingerprint density at radius 2 is 2.19 bits per heavy atom. The van der Waals surface area contributed by atoms with Gasteiger partial charge in [-0.25, -0.2) is 0 Å². The fraction of sp³-hybridized carbons (Fsp3) is 0.417. The van der Waals surface area contributed by atoms with E-state index in [9.17, 15) is 4.79 Å². The molecule has 4 heteroatoms. The maximum atomic E-state index is 12.3. The number of nitrogens with zero attached hydrogens (tertiary/aromatic N) is 1. The molecule has 1 amide bonds. The van der Waals surface area contributed by atoms with E-state index in [4.69, 9.17) is 11.6 Å². The third-order valence-corrected chi connectivity index (χ3v) is 4.93. The van der Waals surface area contributed by atoms with E-state index in [0.717, 1.165) is 29.8 Å². The largest absolute Gasteiger partial charge is 0.333 e. The predicted octanol–water partition coefficient (Wildman–Crippen LogP) is 2.96. The van der Waals surface area contributed by atoms with E-state index in [1.807, 2.05) is 29.2 Å². The molecule has 0 unspecified atom stereocenters. The van der Waals surface area contributed by atoms with Gasteiger partial charge in [0.05, 0.1) is 11.6 Å². The van der Waals surface area contributed by atoms with Crippen molar-refractivity contribution in [1.29, 1.82) is 0 Å². The number of carbonyl (C=O) groups excluding carboxylic acids is 1.